The smallest absolute Gasteiger partial charge is 0.550 e. The molecule has 27 heavy (non-hydrogen) atoms. The van der Waals surface area contributed by atoms with E-state index in [1.165, 1.54) is 0 Å². The van der Waals surface area contributed by atoms with Gasteiger partial charge in [0.15, 0.2) is 0 Å². The van der Waals surface area contributed by atoms with Crippen LogP contribution in [0.15, 0.2) is 0 Å². The molecule has 1 unspecified atom stereocenters. The quantitative estimate of drug-likeness (QED) is 0.205. The molecular formula is C17H31KN2O7. The number of carbonyl (C=O) groups excluding carboxylic acids is 1. The Morgan fingerprint density at radius 1 is 0.889 bits per heavy atom. The zero-order valence-electron chi connectivity index (χ0n) is 16.4. The van der Waals surface area contributed by atoms with Gasteiger partial charge < -0.3 is 30.1 Å². The molecule has 0 aromatic rings. The summed E-state index contributed by atoms with van der Waals surface area (Å²) in [5.41, 5.74) is 0. The van der Waals surface area contributed by atoms with Gasteiger partial charge in [-0.2, -0.15) is 0 Å². The van der Waals surface area contributed by atoms with Crippen molar-refractivity contribution in [2.24, 2.45) is 0 Å². The normalized spacial score (nSPS) is 12.0. The number of aliphatic hydroxyl groups is 1. The van der Waals surface area contributed by atoms with Crippen LogP contribution in [-0.4, -0.2) is 88.4 Å². The Hall–Kier alpha value is -0.0736. The minimum absolute atomic E-state index is 0. The SMILES string of the molecule is CCCCC(O)CN(CCC(=O)O)CCN(CCC(=O)[O-])CCC(=O)O.[K+]. The fourth-order valence-corrected chi connectivity index (χ4v) is 2.50. The first-order chi connectivity index (χ1) is 12.2. The van der Waals surface area contributed by atoms with E-state index < -0.39 is 24.0 Å². The predicted octanol–water partition coefficient (Wildman–Crippen LogP) is -3.77. The van der Waals surface area contributed by atoms with Crippen molar-refractivity contribution in [3.05, 3.63) is 0 Å². The van der Waals surface area contributed by atoms with Crippen LogP contribution in [-0.2, 0) is 14.4 Å². The summed E-state index contributed by atoms with van der Waals surface area (Å²) in [6.07, 6.45) is 1.54. The van der Waals surface area contributed by atoms with E-state index in [9.17, 15) is 24.6 Å². The van der Waals surface area contributed by atoms with E-state index in [4.69, 9.17) is 10.2 Å². The fourth-order valence-electron chi connectivity index (χ4n) is 2.50. The first-order valence-corrected chi connectivity index (χ1v) is 9.00. The second-order valence-electron chi connectivity index (χ2n) is 6.35. The number of rotatable bonds is 17. The molecule has 0 rings (SSSR count). The van der Waals surface area contributed by atoms with Gasteiger partial charge in [0.1, 0.15) is 0 Å². The fraction of sp³-hybridized carbons (Fsp3) is 0.824. The van der Waals surface area contributed by atoms with Gasteiger partial charge in [0.25, 0.3) is 0 Å². The van der Waals surface area contributed by atoms with Gasteiger partial charge in [-0.25, -0.2) is 0 Å². The van der Waals surface area contributed by atoms with Crippen molar-refractivity contribution in [1.29, 1.82) is 0 Å². The van der Waals surface area contributed by atoms with Crippen LogP contribution in [0.1, 0.15) is 45.4 Å². The number of unbranched alkanes of at least 4 members (excludes halogenated alkanes) is 1. The summed E-state index contributed by atoms with van der Waals surface area (Å²) >= 11 is 0. The third-order valence-corrected chi connectivity index (χ3v) is 4.01. The average molecular weight is 415 g/mol. The zero-order valence-corrected chi connectivity index (χ0v) is 19.6. The molecule has 3 N–H and O–H groups in total. The van der Waals surface area contributed by atoms with Crippen LogP contribution in [0, 0.1) is 0 Å². The molecule has 0 aliphatic heterocycles. The minimum Gasteiger partial charge on any atom is -0.550 e. The summed E-state index contributed by atoms with van der Waals surface area (Å²) in [5, 5.41) is 38.4. The van der Waals surface area contributed by atoms with E-state index in [0.717, 1.165) is 12.8 Å². The summed E-state index contributed by atoms with van der Waals surface area (Å²) in [7, 11) is 0. The third-order valence-electron chi connectivity index (χ3n) is 4.01. The van der Waals surface area contributed by atoms with E-state index in [-0.39, 0.29) is 90.3 Å². The van der Waals surface area contributed by atoms with Crippen LogP contribution in [0.3, 0.4) is 0 Å². The molecule has 9 nitrogen and oxygen atoms in total. The van der Waals surface area contributed by atoms with Crippen molar-refractivity contribution in [2.75, 3.05) is 39.3 Å². The van der Waals surface area contributed by atoms with Crippen LogP contribution in [0.5, 0.6) is 0 Å². The van der Waals surface area contributed by atoms with Crippen LogP contribution >= 0.6 is 0 Å². The summed E-state index contributed by atoms with van der Waals surface area (Å²) in [6.45, 7) is 3.80. The first-order valence-electron chi connectivity index (χ1n) is 9.00. The number of carbonyl (C=O) groups is 3. The Kier molecular flexibility index (Phi) is 19.4. The Labute approximate surface area is 203 Å². The maximum absolute atomic E-state index is 10.8. The molecule has 0 aliphatic carbocycles. The van der Waals surface area contributed by atoms with Crippen LogP contribution in [0.25, 0.3) is 0 Å². The van der Waals surface area contributed by atoms with Gasteiger partial charge in [-0.1, -0.05) is 19.8 Å². The molecule has 1 atom stereocenters. The number of hydrogen-bond acceptors (Lipinski definition) is 7. The Morgan fingerprint density at radius 3 is 1.85 bits per heavy atom. The summed E-state index contributed by atoms with van der Waals surface area (Å²) in [6, 6.07) is 0. The molecule has 10 heteroatoms. The van der Waals surface area contributed by atoms with Gasteiger partial charge in [-0.05, 0) is 12.8 Å². The van der Waals surface area contributed by atoms with Crippen LogP contribution < -0.4 is 56.5 Å². The van der Waals surface area contributed by atoms with Crippen molar-refractivity contribution in [3.63, 3.8) is 0 Å². The topological polar surface area (TPSA) is 141 Å². The van der Waals surface area contributed by atoms with Crippen molar-refractivity contribution in [3.8, 4) is 0 Å². The van der Waals surface area contributed by atoms with Crippen molar-refractivity contribution < 1.29 is 86.2 Å². The molecule has 0 amide bonds. The molecule has 0 fully saturated rings. The predicted molar refractivity (Wildman–Crippen MR) is 92.5 cm³/mol. The van der Waals surface area contributed by atoms with E-state index in [2.05, 4.69) is 0 Å². The molecule has 0 spiro atoms. The average Bonchev–Trinajstić information content (AvgIpc) is 2.56. The Morgan fingerprint density at radius 2 is 1.37 bits per heavy atom. The number of carboxylic acid groups (broad SMARTS) is 3. The Bertz CT molecular complexity index is 420. The number of nitrogens with zero attached hydrogens (tertiary/aromatic N) is 2. The molecular weight excluding hydrogens is 383 g/mol. The van der Waals surface area contributed by atoms with Crippen molar-refractivity contribution in [2.45, 2.75) is 51.6 Å². The molecule has 0 saturated heterocycles. The van der Waals surface area contributed by atoms with Crippen LogP contribution in [0.2, 0.25) is 0 Å². The molecule has 0 aromatic carbocycles. The van der Waals surface area contributed by atoms with Crippen LogP contribution in [0.4, 0.5) is 0 Å². The third kappa shape index (κ3) is 19.0. The zero-order chi connectivity index (χ0) is 19.9. The summed E-state index contributed by atoms with van der Waals surface area (Å²) in [5.74, 6) is -3.11. The van der Waals surface area contributed by atoms with E-state index in [1.807, 2.05) is 11.8 Å². The second-order valence-corrected chi connectivity index (χ2v) is 6.35. The number of hydrogen-bond donors (Lipinski definition) is 3. The maximum atomic E-state index is 10.8. The molecule has 0 aliphatic rings. The second kappa shape index (κ2) is 18.0. The van der Waals surface area contributed by atoms with Gasteiger partial charge in [-0.3, -0.25) is 14.5 Å². The van der Waals surface area contributed by atoms with Crippen molar-refractivity contribution in [1.82, 2.24) is 9.80 Å². The first kappa shape index (κ1) is 29.1. The molecule has 0 radical (unpaired) electrons. The monoisotopic (exact) mass is 414 g/mol. The summed E-state index contributed by atoms with van der Waals surface area (Å²) in [4.78, 5) is 35.7. The van der Waals surface area contributed by atoms with Crippen molar-refractivity contribution >= 4 is 17.9 Å². The van der Waals surface area contributed by atoms with Gasteiger partial charge >= 0.3 is 63.3 Å². The number of carboxylic acids is 3. The molecule has 152 valence electrons. The van der Waals surface area contributed by atoms with Gasteiger partial charge in [0.2, 0.25) is 0 Å². The molecule has 0 bridgehead atoms. The van der Waals surface area contributed by atoms with Gasteiger partial charge in [0, 0.05) is 45.2 Å². The van der Waals surface area contributed by atoms with E-state index in [0.29, 0.717) is 26.1 Å². The maximum Gasteiger partial charge on any atom is 1.00 e. The Balaban J connectivity index is 0. The largest absolute Gasteiger partial charge is 1.00 e. The molecule has 0 heterocycles. The molecule has 0 aromatic heterocycles. The van der Waals surface area contributed by atoms with E-state index in [1.54, 1.807) is 4.90 Å². The minimum atomic E-state index is -1.21. The number of aliphatic carboxylic acids is 3. The van der Waals surface area contributed by atoms with E-state index >= 15 is 0 Å². The standard InChI is InChI=1S/C17H32N2O7.K/c1-2-3-4-14(20)13-19(10-7-17(25)26)12-11-18(8-5-15(21)22)9-6-16(23)24;/h14,20H,2-13H2,1H3,(H,21,22)(H,23,24)(H,25,26);/q;+1/p-1. The molecule has 0 saturated carbocycles. The van der Waals surface area contributed by atoms with Gasteiger partial charge in [-0.15, -0.1) is 0 Å². The summed E-state index contributed by atoms with van der Waals surface area (Å²) < 4.78 is 0. The van der Waals surface area contributed by atoms with Gasteiger partial charge in [0.05, 0.1) is 18.9 Å². The number of aliphatic hydroxyl groups excluding tert-OH is 1.